The third-order valence-corrected chi connectivity index (χ3v) is 6.19. The zero-order valence-electron chi connectivity index (χ0n) is 15.9. The number of aryl methyl sites for hydroxylation is 1. The minimum absolute atomic E-state index is 0.135. The normalized spacial score (nSPS) is 10.9. The highest BCUT2D eigenvalue weighted by molar-refractivity contribution is 7.23. The molecule has 0 saturated carbocycles. The number of benzene rings is 3. The van der Waals surface area contributed by atoms with E-state index in [2.05, 4.69) is 4.98 Å². The molecular weight excluding hydrogens is 422 g/mol. The van der Waals surface area contributed by atoms with Crippen LogP contribution in [-0.4, -0.2) is 15.8 Å². The van der Waals surface area contributed by atoms with Crippen LogP contribution in [0.4, 0.5) is 10.8 Å². The number of carbonyl (C=O) groups excluding carboxylic acids is 1. The van der Waals surface area contributed by atoms with Crippen LogP contribution in [0.2, 0.25) is 5.02 Å². The van der Waals surface area contributed by atoms with Gasteiger partial charge in [0.1, 0.15) is 0 Å². The van der Waals surface area contributed by atoms with Gasteiger partial charge in [0.15, 0.2) is 5.13 Å². The maximum Gasteiger partial charge on any atom is 0.270 e. The van der Waals surface area contributed by atoms with E-state index in [0.717, 1.165) is 21.3 Å². The molecule has 1 heterocycles. The van der Waals surface area contributed by atoms with Crippen LogP contribution in [0, 0.1) is 17.0 Å². The maximum absolute atomic E-state index is 13.4. The molecule has 1 amide bonds. The number of aromatic nitrogens is 1. The Kier molecular flexibility index (Phi) is 5.48. The second kappa shape index (κ2) is 8.22. The van der Waals surface area contributed by atoms with Gasteiger partial charge in [0.05, 0.1) is 26.7 Å². The highest BCUT2D eigenvalue weighted by Crippen LogP contribution is 2.36. The first-order valence-electron chi connectivity index (χ1n) is 9.10. The molecule has 0 aliphatic carbocycles. The van der Waals surface area contributed by atoms with Gasteiger partial charge < -0.3 is 0 Å². The highest BCUT2D eigenvalue weighted by Gasteiger charge is 2.24. The molecule has 0 saturated heterocycles. The molecule has 8 heteroatoms. The second-order valence-electron chi connectivity index (χ2n) is 6.72. The van der Waals surface area contributed by atoms with Gasteiger partial charge in [-0.2, -0.15) is 0 Å². The predicted molar refractivity (Wildman–Crippen MR) is 119 cm³/mol. The number of nitrogens with zero attached hydrogens (tertiary/aromatic N) is 3. The average molecular weight is 438 g/mol. The number of rotatable bonds is 5. The van der Waals surface area contributed by atoms with Gasteiger partial charge in [-0.15, -0.1) is 0 Å². The molecule has 6 nitrogen and oxygen atoms in total. The van der Waals surface area contributed by atoms with Crippen LogP contribution < -0.4 is 4.90 Å². The van der Waals surface area contributed by atoms with Gasteiger partial charge in [-0.05, 0) is 30.2 Å². The minimum atomic E-state index is -0.515. The monoisotopic (exact) mass is 437 g/mol. The summed E-state index contributed by atoms with van der Waals surface area (Å²) in [7, 11) is 0. The first-order chi connectivity index (χ1) is 14.4. The molecule has 0 fully saturated rings. The summed E-state index contributed by atoms with van der Waals surface area (Å²) in [5, 5.41) is 12.2. The molecule has 0 radical (unpaired) electrons. The summed E-state index contributed by atoms with van der Waals surface area (Å²) in [5.41, 5.74) is 2.70. The van der Waals surface area contributed by atoms with Gasteiger partial charge in [-0.1, -0.05) is 65.4 Å². The summed E-state index contributed by atoms with van der Waals surface area (Å²) in [6.45, 7) is 2.21. The third-order valence-electron chi connectivity index (χ3n) is 4.65. The number of nitro groups is 1. The fourth-order valence-electron chi connectivity index (χ4n) is 3.11. The molecule has 0 bridgehead atoms. The number of non-ortho nitro benzene ring substituents is 1. The van der Waals surface area contributed by atoms with E-state index >= 15 is 0 Å². The molecule has 150 valence electrons. The lowest BCUT2D eigenvalue weighted by Gasteiger charge is -2.20. The topological polar surface area (TPSA) is 76.3 Å². The van der Waals surface area contributed by atoms with E-state index < -0.39 is 4.92 Å². The van der Waals surface area contributed by atoms with Crippen molar-refractivity contribution in [3.05, 3.63) is 98.6 Å². The lowest BCUT2D eigenvalue weighted by atomic mass is 10.1. The Morgan fingerprint density at radius 2 is 1.90 bits per heavy atom. The molecule has 0 atom stereocenters. The summed E-state index contributed by atoms with van der Waals surface area (Å²) in [5.74, 6) is -0.365. The number of thiazole rings is 1. The van der Waals surface area contributed by atoms with E-state index in [4.69, 9.17) is 11.6 Å². The van der Waals surface area contributed by atoms with Gasteiger partial charge in [-0.3, -0.25) is 19.8 Å². The van der Waals surface area contributed by atoms with Gasteiger partial charge in [-0.25, -0.2) is 4.98 Å². The summed E-state index contributed by atoms with van der Waals surface area (Å²) in [4.78, 5) is 30.3. The zero-order valence-corrected chi connectivity index (χ0v) is 17.5. The molecule has 3 aromatic carbocycles. The van der Waals surface area contributed by atoms with E-state index in [1.165, 1.54) is 34.4 Å². The second-order valence-corrected chi connectivity index (χ2v) is 8.11. The quantitative estimate of drug-likeness (QED) is 0.283. The van der Waals surface area contributed by atoms with Crippen molar-refractivity contribution in [2.75, 3.05) is 4.90 Å². The van der Waals surface area contributed by atoms with Crippen molar-refractivity contribution in [2.24, 2.45) is 0 Å². The van der Waals surface area contributed by atoms with Crippen molar-refractivity contribution in [1.82, 2.24) is 4.98 Å². The zero-order chi connectivity index (χ0) is 21.3. The van der Waals surface area contributed by atoms with E-state index in [1.807, 2.05) is 49.4 Å². The Balaban J connectivity index is 1.82. The highest BCUT2D eigenvalue weighted by atomic mass is 35.5. The number of fused-ring (bicyclic) bond motifs is 1. The van der Waals surface area contributed by atoms with Gasteiger partial charge in [0.25, 0.3) is 11.6 Å². The lowest BCUT2D eigenvalue weighted by Crippen LogP contribution is -2.30. The van der Waals surface area contributed by atoms with Crippen LogP contribution in [0.25, 0.3) is 10.2 Å². The van der Waals surface area contributed by atoms with Gasteiger partial charge in [0.2, 0.25) is 0 Å². The van der Waals surface area contributed by atoms with Crippen LogP contribution in [-0.2, 0) is 6.54 Å². The van der Waals surface area contributed by atoms with Crippen LogP contribution in [0.1, 0.15) is 21.5 Å². The number of hydrogen-bond donors (Lipinski definition) is 0. The molecule has 4 rings (SSSR count). The number of hydrogen-bond acceptors (Lipinski definition) is 5. The van der Waals surface area contributed by atoms with Crippen molar-refractivity contribution in [2.45, 2.75) is 13.5 Å². The van der Waals surface area contributed by atoms with E-state index in [9.17, 15) is 14.9 Å². The number of nitro benzene ring substituents is 1. The summed E-state index contributed by atoms with van der Waals surface area (Å²) in [6, 6.07) is 18.9. The summed E-state index contributed by atoms with van der Waals surface area (Å²) < 4.78 is 0.802. The molecule has 0 N–H and O–H groups in total. The average Bonchev–Trinajstić information content (AvgIpc) is 3.21. The van der Waals surface area contributed by atoms with Crippen LogP contribution in [0.3, 0.4) is 0 Å². The lowest BCUT2D eigenvalue weighted by molar-refractivity contribution is -0.384. The van der Waals surface area contributed by atoms with Gasteiger partial charge >= 0.3 is 0 Å². The fourth-order valence-corrected chi connectivity index (χ4v) is 4.42. The van der Waals surface area contributed by atoms with Crippen molar-refractivity contribution >= 4 is 49.9 Å². The first kappa shape index (κ1) is 20.0. The van der Waals surface area contributed by atoms with Crippen molar-refractivity contribution in [3.8, 4) is 0 Å². The van der Waals surface area contributed by atoms with E-state index in [0.29, 0.717) is 10.2 Å². The smallest absolute Gasteiger partial charge is 0.270 e. The standard InChI is InChI=1S/C22H16ClN3O3S/c1-14-10-11-18(23)20-19(14)24-22(30-20)25(13-15-6-3-2-4-7-15)21(27)16-8-5-9-17(12-16)26(28)29/h2-12H,13H2,1H3. The van der Waals surface area contributed by atoms with E-state index in [-0.39, 0.29) is 23.7 Å². The van der Waals surface area contributed by atoms with Crippen LogP contribution in [0.5, 0.6) is 0 Å². The summed E-state index contributed by atoms with van der Waals surface area (Å²) >= 11 is 7.68. The van der Waals surface area contributed by atoms with Crippen LogP contribution >= 0.6 is 22.9 Å². The van der Waals surface area contributed by atoms with Crippen LogP contribution in [0.15, 0.2) is 66.7 Å². The number of carbonyl (C=O) groups is 1. The Morgan fingerprint density at radius 1 is 1.13 bits per heavy atom. The number of anilines is 1. The van der Waals surface area contributed by atoms with Crippen molar-refractivity contribution < 1.29 is 9.72 Å². The van der Waals surface area contributed by atoms with Gasteiger partial charge in [0, 0.05) is 17.7 Å². The predicted octanol–water partition coefficient (Wildman–Crippen LogP) is 6.01. The Labute approximate surface area is 181 Å². The fraction of sp³-hybridized carbons (Fsp3) is 0.0909. The Morgan fingerprint density at radius 3 is 2.60 bits per heavy atom. The molecule has 1 aromatic heterocycles. The third kappa shape index (κ3) is 3.90. The molecular formula is C22H16ClN3O3S. The van der Waals surface area contributed by atoms with Crippen molar-refractivity contribution in [1.29, 1.82) is 0 Å². The number of amides is 1. The molecule has 0 unspecified atom stereocenters. The summed E-state index contributed by atoms with van der Waals surface area (Å²) in [6.07, 6.45) is 0. The minimum Gasteiger partial charge on any atom is -0.279 e. The first-order valence-corrected chi connectivity index (χ1v) is 10.3. The SMILES string of the molecule is Cc1ccc(Cl)c2sc(N(Cc3ccccc3)C(=O)c3cccc([N+](=O)[O-])c3)nc12. The van der Waals surface area contributed by atoms with E-state index in [1.54, 1.807) is 6.07 Å². The largest absolute Gasteiger partial charge is 0.279 e. The molecule has 0 spiro atoms. The Bertz CT molecular complexity index is 1220. The Hall–Kier alpha value is -3.29. The molecule has 0 aliphatic heterocycles. The molecule has 30 heavy (non-hydrogen) atoms. The van der Waals surface area contributed by atoms with Crippen molar-refractivity contribution in [3.63, 3.8) is 0 Å². The molecule has 4 aromatic rings. The molecule has 0 aliphatic rings. The number of halogens is 1. The maximum atomic E-state index is 13.4.